The molecule has 3 heteroatoms. The molecule has 0 atom stereocenters. The molecule has 0 aliphatic rings. The van der Waals surface area contributed by atoms with Gasteiger partial charge in [-0.25, -0.2) is 4.39 Å². The van der Waals surface area contributed by atoms with E-state index < -0.39 is 5.82 Å². The largest absolute Gasteiger partial charge is 0.492 e. The van der Waals surface area contributed by atoms with E-state index in [1.165, 1.54) is 25.4 Å². The third-order valence-corrected chi connectivity index (χ3v) is 1.27. The van der Waals surface area contributed by atoms with E-state index in [0.29, 0.717) is 5.69 Å². The highest BCUT2D eigenvalue weighted by molar-refractivity contribution is 5.42. The molecule has 58 valence electrons. The van der Waals surface area contributed by atoms with Crippen molar-refractivity contribution in [1.29, 1.82) is 0 Å². The van der Waals surface area contributed by atoms with Crippen LogP contribution >= 0.6 is 0 Å². The summed E-state index contributed by atoms with van der Waals surface area (Å²) in [5.41, 5.74) is 0.503. The lowest BCUT2D eigenvalue weighted by atomic mass is 10.3. The number of halogens is 1. The molecule has 0 unspecified atom stereocenters. The Bertz CT molecular complexity index is 273. The molecule has 0 aliphatic carbocycles. The van der Waals surface area contributed by atoms with Gasteiger partial charge in [-0.3, -0.25) is 4.98 Å². The predicted octanol–water partition coefficient (Wildman–Crippen LogP) is 1.87. The van der Waals surface area contributed by atoms with Crippen molar-refractivity contribution in [2.75, 3.05) is 7.11 Å². The number of nitrogens with zero attached hydrogens (tertiary/aromatic N) is 1. The lowest BCUT2D eigenvalue weighted by Crippen LogP contribution is -1.90. The maximum absolute atomic E-state index is 12.8. The summed E-state index contributed by atoms with van der Waals surface area (Å²) in [4.78, 5) is 3.85. The first-order valence-corrected chi connectivity index (χ1v) is 3.10. The van der Waals surface area contributed by atoms with E-state index in [1.807, 2.05) is 0 Å². The molecule has 0 N–H and O–H groups in total. The molecule has 0 saturated carbocycles. The van der Waals surface area contributed by atoms with Crippen LogP contribution in [0.3, 0.4) is 0 Å². The highest BCUT2D eigenvalue weighted by Gasteiger charge is 2.01. The SMILES string of the molecule is C=Cc1cc(F)c(OC)cn1. The smallest absolute Gasteiger partial charge is 0.172 e. The lowest BCUT2D eigenvalue weighted by molar-refractivity contribution is 0.384. The Kier molecular flexibility index (Phi) is 2.21. The van der Waals surface area contributed by atoms with E-state index in [9.17, 15) is 4.39 Å². The Morgan fingerprint density at radius 2 is 2.45 bits per heavy atom. The van der Waals surface area contributed by atoms with Crippen molar-refractivity contribution in [2.45, 2.75) is 0 Å². The van der Waals surface area contributed by atoms with Crippen LogP contribution < -0.4 is 4.74 Å². The topological polar surface area (TPSA) is 22.1 Å². The van der Waals surface area contributed by atoms with E-state index in [2.05, 4.69) is 16.3 Å². The molecular weight excluding hydrogens is 145 g/mol. The van der Waals surface area contributed by atoms with Crippen molar-refractivity contribution < 1.29 is 9.13 Å². The fraction of sp³-hybridized carbons (Fsp3) is 0.125. The van der Waals surface area contributed by atoms with Gasteiger partial charge in [0.25, 0.3) is 0 Å². The van der Waals surface area contributed by atoms with Gasteiger partial charge in [0.1, 0.15) is 0 Å². The minimum atomic E-state index is -0.419. The summed E-state index contributed by atoms with van der Waals surface area (Å²) in [5, 5.41) is 0. The molecule has 1 heterocycles. The molecule has 0 spiro atoms. The first kappa shape index (κ1) is 7.72. The van der Waals surface area contributed by atoms with E-state index >= 15 is 0 Å². The zero-order chi connectivity index (χ0) is 8.27. The van der Waals surface area contributed by atoms with Gasteiger partial charge in [0.15, 0.2) is 11.6 Å². The Hall–Kier alpha value is -1.38. The molecule has 2 nitrogen and oxygen atoms in total. The quantitative estimate of drug-likeness (QED) is 0.647. The summed E-state index contributed by atoms with van der Waals surface area (Å²) in [6.45, 7) is 3.46. The molecule has 0 aromatic carbocycles. The summed E-state index contributed by atoms with van der Waals surface area (Å²) in [5.74, 6) is -0.270. The van der Waals surface area contributed by atoms with Crippen molar-refractivity contribution in [2.24, 2.45) is 0 Å². The summed E-state index contributed by atoms with van der Waals surface area (Å²) in [6.07, 6.45) is 2.80. The van der Waals surface area contributed by atoms with Crippen LogP contribution in [0.5, 0.6) is 5.75 Å². The summed E-state index contributed by atoms with van der Waals surface area (Å²) in [6, 6.07) is 1.27. The maximum atomic E-state index is 12.8. The maximum Gasteiger partial charge on any atom is 0.172 e. The van der Waals surface area contributed by atoms with Gasteiger partial charge in [-0.1, -0.05) is 6.58 Å². The normalized spacial score (nSPS) is 9.27. The van der Waals surface area contributed by atoms with Crippen molar-refractivity contribution in [1.82, 2.24) is 4.98 Å². The van der Waals surface area contributed by atoms with Crippen LogP contribution in [0, 0.1) is 5.82 Å². The van der Waals surface area contributed by atoms with Crippen molar-refractivity contribution >= 4 is 6.08 Å². The first-order chi connectivity index (χ1) is 5.27. The second-order valence-corrected chi connectivity index (χ2v) is 1.95. The number of ether oxygens (including phenoxy) is 1. The van der Waals surface area contributed by atoms with Gasteiger partial charge in [0.05, 0.1) is 19.0 Å². The molecule has 0 saturated heterocycles. The van der Waals surface area contributed by atoms with Gasteiger partial charge in [-0.15, -0.1) is 0 Å². The Morgan fingerprint density at radius 3 is 2.91 bits per heavy atom. The lowest BCUT2D eigenvalue weighted by Gasteiger charge is -2.00. The summed E-state index contributed by atoms with van der Waals surface area (Å²) < 4.78 is 17.5. The molecule has 0 bridgehead atoms. The number of hydrogen-bond acceptors (Lipinski definition) is 2. The van der Waals surface area contributed by atoms with Crippen molar-refractivity contribution in [3.63, 3.8) is 0 Å². The number of aromatic nitrogens is 1. The van der Waals surface area contributed by atoms with Gasteiger partial charge >= 0.3 is 0 Å². The van der Waals surface area contributed by atoms with Gasteiger partial charge in [-0.2, -0.15) is 0 Å². The summed E-state index contributed by atoms with van der Waals surface area (Å²) >= 11 is 0. The summed E-state index contributed by atoms with van der Waals surface area (Å²) in [7, 11) is 1.40. The molecule has 1 aromatic heterocycles. The molecule has 1 rings (SSSR count). The number of pyridine rings is 1. The van der Waals surface area contributed by atoms with Crippen LogP contribution in [-0.4, -0.2) is 12.1 Å². The van der Waals surface area contributed by atoms with E-state index in [1.54, 1.807) is 0 Å². The minimum absolute atomic E-state index is 0.149. The van der Waals surface area contributed by atoms with E-state index in [0.717, 1.165) is 0 Å². The molecule has 0 fully saturated rings. The zero-order valence-electron chi connectivity index (χ0n) is 6.17. The third-order valence-electron chi connectivity index (χ3n) is 1.27. The predicted molar refractivity (Wildman–Crippen MR) is 40.8 cm³/mol. The van der Waals surface area contributed by atoms with Crippen molar-refractivity contribution in [3.8, 4) is 5.75 Å². The zero-order valence-corrected chi connectivity index (χ0v) is 6.17. The van der Waals surface area contributed by atoms with Gasteiger partial charge in [0.2, 0.25) is 0 Å². The van der Waals surface area contributed by atoms with Gasteiger partial charge < -0.3 is 4.74 Å². The third kappa shape index (κ3) is 1.55. The van der Waals surface area contributed by atoms with Crippen LogP contribution in [0.2, 0.25) is 0 Å². The fourth-order valence-electron chi connectivity index (χ4n) is 0.695. The average molecular weight is 153 g/mol. The van der Waals surface area contributed by atoms with Crippen LogP contribution in [-0.2, 0) is 0 Å². The highest BCUT2D eigenvalue weighted by atomic mass is 19.1. The highest BCUT2D eigenvalue weighted by Crippen LogP contribution is 2.15. The van der Waals surface area contributed by atoms with Crippen LogP contribution in [0.4, 0.5) is 4.39 Å². The second kappa shape index (κ2) is 3.14. The first-order valence-electron chi connectivity index (χ1n) is 3.10. The second-order valence-electron chi connectivity index (χ2n) is 1.95. The van der Waals surface area contributed by atoms with Crippen LogP contribution in [0.1, 0.15) is 5.69 Å². The van der Waals surface area contributed by atoms with Crippen LogP contribution in [0.25, 0.3) is 6.08 Å². The Balaban J connectivity index is 3.09. The van der Waals surface area contributed by atoms with Crippen LogP contribution in [0.15, 0.2) is 18.8 Å². The van der Waals surface area contributed by atoms with E-state index in [4.69, 9.17) is 0 Å². The van der Waals surface area contributed by atoms with Crippen molar-refractivity contribution in [3.05, 3.63) is 30.4 Å². The number of rotatable bonds is 2. The molecule has 11 heavy (non-hydrogen) atoms. The molecule has 0 amide bonds. The van der Waals surface area contributed by atoms with Gasteiger partial charge in [0, 0.05) is 6.07 Å². The molecule has 1 aromatic rings. The minimum Gasteiger partial charge on any atom is -0.492 e. The number of hydrogen-bond donors (Lipinski definition) is 0. The monoisotopic (exact) mass is 153 g/mol. The van der Waals surface area contributed by atoms with Gasteiger partial charge in [-0.05, 0) is 6.08 Å². The molecule has 0 radical (unpaired) electrons. The Labute approximate surface area is 64.3 Å². The Morgan fingerprint density at radius 1 is 1.73 bits per heavy atom. The molecule has 0 aliphatic heterocycles. The standard InChI is InChI=1S/C8H8FNO/c1-3-6-4-7(9)8(11-2)5-10-6/h3-5H,1H2,2H3. The average Bonchev–Trinajstić information content (AvgIpc) is 2.04. The van der Waals surface area contributed by atoms with E-state index in [-0.39, 0.29) is 5.75 Å². The number of methoxy groups -OCH3 is 1. The molecular formula is C8H8FNO. The fourth-order valence-corrected chi connectivity index (χ4v) is 0.695.